The number of thioether (sulfide) groups is 1. The zero-order valence-electron chi connectivity index (χ0n) is 17.0. The number of fused-ring (bicyclic) bond motifs is 1. The molecule has 0 amide bonds. The number of carbonyl (C=O) groups excluding carboxylic acids is 2. The Morgan fingerprint density at radius 1 is 0.903 bits per heavy atom. The van der Waals surface area contributed by atoms with Crippen LogP contribution in [0, 0.1) is 0 Å². The molecule has 0 N–H and O–H groups in total. The lowest BCUT2D eigenvalue weighted by atomic mass is 10.2. The van der Waals surface area contributed by atoms with E-state index in [4.69, 9.17) is 9.47 Å². The molecule has 6 heteroatoms. The van der Waals surface area contributed by atoms with Crippen LogP contribution in [0.3, 0.4) is 0 Å². The number of para-hydroxylation sites is 1. The Labute approximate surface area is 184 Å². The normalized spacial score (nSPS) is 10.7. The van der Waals surface area contributed by atoms with Crippen LogP contribution >= 0.6 is 11.8 Å². The van der Waals surface area contributed by atoms with E-state index in [0.717, 1.165) is 5.75 Å². The fourth-order valence-electron chi connectivity index (χ4n) is 3.29. The number of nitrogens with zero attached hydrogens (tertiary/aromatic N) is 1. The summed E-state index contributed by atoms with van der Waals surface area (Å²) in [5.74, 6) is 0.839. The van der Waals surface area contributed by atoms with Crippen LogP contribution in [0.2, 0.25) is 0 Å². The van der Waals surface area contributed by atoms with Crippen molar-refractivity contribution >= 4 is 34.5 Å². The standard InChI is InChI=1S/C25H21NO4S/c1-29-25(28)22-17-26(23-10-6-5-9-21(22)23)24(27)18-11-13-19(14-12-18)30-15-16-31-20-7-3-2-4-8-20/h2-14,17H,15-16H2,1H3. The molecule has 31 heavy (non-hydrogen) atoms. The lowest BCUT2D eigenvalue weighted by Crippen LogP contribution is -2.11. The van der Waals surface area contributed by atoms with Crippen LogP contribution in [0.1, 0.15) is 20.7 Å². The summed E-state index contributed by atoms with van der Waals surface area (Å²) in [5, 5.41) is 0.679. The minimum Gasteiger partial charge on any atom is -0.493 e. The van der Waals surface area contributed by atoms with E-state index in [0.29, 0.717) is 34.4 Å². The zero-order valence-corrected chi connectivity index (χ0v) is 17.8. The van der Waals surface area contributed by atoms with Crippen LogP contribution in [0.15, 0.2) is 90.0 Å². The molecule has 1 heterocycles. The second kappa shape index (κ2) is 9.53. The number of hydrogen-bond donors (Lipinski definition) is 0. The summed E-state index contributed by atoms with van der Waals surface area (Å²) >= 11 is 1.73. The molecular weight excluding hydrogens is 410 g/mol. The zero-order chi connectivity index (χ0) is 21.6. The van der Waals surface area contributed by atoms with E-state index in [1.165, 1.54) is 22.8 Å². The van der Waals surface area contributed by atoms with E-state index in [2.05, 4.69) is 12.1 Å². The average molecular weight is 432 g/mol. The Bertz CT molecular complexity index is 1200. The molecule has 0 saturated carbocycles. The van der Waals surface area contributed by atoms with Gasteiger partial charge in [-0.05, 0) is 42.5 Å². The number of hydrogen-bond acceptors (Lipinski definition) is 5. The fraction of sp³-hybridized carbons (Fsp3) is 0.120. The molecule has 0 spiro atoms. The fourth-order valence-corrected chi connectivity index (χ4v) is 4.04. The monoisotopic (exact) mass is 431 g/mol. The number of benzene rings is 3. The van der Waals surface area contributed by atoms with Crippen molar-refractivity contribution in [2.75, 3.05) is 19.5 Å². The number of rotatable bonds is 7. The molecule has 0 aliphatic rings. The van der Waals surface area contributed by atoms with E-state index < -0.39 is 5.97 Å². The third-order valence-corrected chi connectivity index (χ3v) is 5.78. The quantitative estimate of drug-likeness (QED) is 0.226. The van der Waals surface area contributed by atoms with Crippen molar-refractivity contribution in [1.82, 2.24) is 4.57 Å². The predicted molar refractivity (Wildman–Crippen MR) is 122 cm³/mol. The van der Waals surface area contributed by atoms with Gasteiger partial charge in [0.2, 0.25) is 0 Å². The van der Waals surface area contributed by atoms with Crippen molar-refractivity contribution in [3.8, 4) is 5.75 Å². The topological polar surface area (TPSA) is 57.5 Å². The molecule has 5 nitrogen and oxygen atoms in total. The first-order chi connectivity index (χ1) is 15.2. The molecule has 0 unspecified atom stereocenters. The molecule has 3 aromatic carbocycles. The first kappa shape index (κ1) is 20.8. The predicted octanol–water partition coefficient (Wildman–Crippen LogP) is 5.29. The van der Waals surface area contributed by atoms with Crippen molar-refractivity contribution in [3.05, 3.63) is 96.2 Å². The van der Waals surface area contributed by atoms with Crippen LogP contribution < -0.4 is 4.74 Å². The van der Waals surface area contributed by atoms with Gasteiger partial charge in [0.05, 0.1) is 24.8 Å². The van der Waals surface area contributed by atoms with Crippen LogP contribution in [0.4, 0.5) is 0 Å². The molecule has 4 aromatic rings. The number of carbonyl (C=O) groups is 2. The van der Waals surface area contributed by atoms with Gasteiger partial charge in [0.1, 0.15) is 5.75 Å². The van der Waals surface area contributed by atoms with Gasteiger partial charge < -0.3 is 9.47 Å². The summed E-state index contributed by atoms with van der Waals surface area (Å²) in [5.41, 5.74) is 1.52. The number of ether oxygens (including phenoxy) is 2. The molecule has 1 aromatic heterocycles. The average Bonchev–Trinajstić information content (AvgIpc) is 3.22. The van der Waals surface area contributed by atoms with Gasteiger partial charge in [-0.25, -0.2) is 4.79 Å². The highest BCUT2D eigenvalue weighted by Gasteiger charge is 2.19. The lowest BCUT2D eigenvalue weighted by molar-refractivity contribution is 0.0603. The second-order valence-corrected chi connectivity index (χ2v) is 7.93. The van der Waals surface area contributed by atoms with Crippen molar-refractivity contribution in [3.63, 3.8) is 0 Å². The van der Waals surface area contributed by atoms with Crippen LogP contribution in [-0.2, 0) is 4.74 Å². The molecule has 4 rings (SSSR count). The summed E-state index contributed by atoms with van der Waals surface area (Å²) in [6.45, 7) is 0.567. The van der Waals surface area contributed by atoms with Gasteiger partial charge in [-0.15, -0.1) is 11.8 Å². The maximum Gasteiger partial charge on any atom is 0.340 e. The Morgan fingerprint density at radius 2 is 1.61 bits per heavy atom. The first-order valence-electron chi connectivity index (χ1n) is 9.81. The van der Waals surface area contributed by atoms with E-state index in [1.54, 1.807) is 42.1 Å². The molecule has 0 aliphatic carbocycles. The van der Waals surface area contributed by atoms with E-state index in [1.807, 2.05) is 36.4 Å². The highest BCUT2D eigenvalue weighted by Crippen LogP contribution is 2.24. The van der Waals surface area contributed by atoms with Crippen LogP contribution in [-0.4, -0.2) is 35.9 Å². The third kappa shape index (κ3) is 4.64. The van der Waals surface area contributed by atoms with Gasteiger partial charge in [-0.2, -0.15) is 0 Å². The Hall–Kier alpha value is -3.51. The molecule has 0 radical (unpaired) electrons. The summed E-state index contributed by atoms with van der Waals surface area (Å²) in [6.07, 6.45) is 1.53. The maximum absolute atomic E-state index is 13.1. The summed E-state index contributed by atoms with van der Waals surface area (Å²) in [4.78, 5) is 26.4. The highest BCUT2D eigenvalue weighted by molar-refractivity contribution is 7.99. The smallest absolute Gasteiger partial charge is 0.340 e. The second-order valence-electron chi connectivity index (χ2n) is 6.76. The molecule has 0 saturated heterocycles. The maximum atomic E-state index is 13.1. The summed E-state index contributed by atoms with van der Waals surface area (Å²) in [6, 6.07) is 24.5. The van der Waals surface area contributed by atoms with Gasteiger partial charge >= 0.3 is 5.97 Å². The number of aromatic nitrogens is 1. The van der Waals surface area contributed by atoms with Crippen molar-refractivity contribution in [2.45, 2.75) is 4.90 Å². The molecule has 0 fully saturated rings. The highest BCUT2D eigenvalue weighted by atomic mass is 32.2. The van der Waals surface area contributed by atoms with Gasteiger partial charge in [0.15, 0.2) is 0 Å². The molecular formula is C25H21NO4S. The van der Waals surface area contributed by atoms with Crippen LogP contribution in [0.25, 0.3) is 10.9 Å². The first-order valence-corrected chi connectivity index (χ1v) is 10.8. The van der Waals surface area contributed by atoms with E-state index >= 15 is 0 Å². The number of methoxy groups -OCH3 is 1. The van der Waals surface area contributed by atoms with Gasteiger partial charge in [-0.3, -0.25) is 9.36 Å². The Morgan fingerprint density at radius 3 is 2.35 bits per heavy atom. The van der Waals surface area contributed by atoms with E-state index in [-0.39, 0.29) is 5.91 Å². The van der Waals surface area contributed by atoms with Gasteiger partial charge in [0.25, 0.3) is 5.91 Å². The van der Waals surface area contributed by atoms with Gasteiger partial charge in [-0.1, -0.05) is 36.4 Å². The summed E-state index contributed by atoms with van der Waals surface area (Å²) in [7, 11) is 1.33. The van der Waals surface area contributed by atoms with Crippen molar-refractivity contribution < 1.29 is 19.1 Å². The summed E-state index contributed by atoms with van der Waals surface area (Å²) < 4.78 is 12.1. The van der Waals surface area contributed by atoms with Crippen LogP contribution in [0.5, 0.6) is 5.75 Å². The van der Waals surface area contributed by atoms with E-state index in [9.17, 15) is 9.59 Å². The Balaban J connectivity index is 1.44. The molecule has 0 aliphatic heterocycles. The molecule has 0 bridgehead atoms. The van der Waals surface area contributed by atoms with Crippen molar-refractivity contribution in [2.24, 2.45) is 0 Å². The lowest BCUT2D eigenvalue weighted by Gasteiger charge is -2.08. The SMILES string of the molecule is COC(=O)c1cn(C(=O)c2ccc(OCCSc3ccccc3)cc2)c2ccccc12. The molecule has 0 atom stereocenters. The number of esters is 1. The van der Waals surface area contributed by atoms with Gasteiger partial charge in [0, 0.05) is 27.8 Å². The third-order valence-electron chi connectivity index (χ3n) is 4.80. The minimum atomic E-state index is -0.472. The Kier molecular flexibility index (Phi) is 6.38. The van der Waals surface area contributed by atoms with Crippen molar-refractivity contribution in [1.29, 1.82) is 0 Å². The minimum absolute atomic E-state index is 0.225. The molecule has 156 valence electrons. The largest absolute Gasteiger partial charge is 0.493 e.